The van der Waals surface area contributed by atoms with Crippen LogP contribution in [0, 0.1) is 13.8 Å². The second-order valence-electron chi connectivity index (χ2n) is 6.38. The summed E-state index contributed by atoms with van der Waals surface area (Å²) in [7, 11) is 0. The Bertz CT molecular complexity index is 1020. The third kappa shape index (κ3) is 6.03. The average Bonchev–Trinajstić information content (AvgIpc) is 3.15. The molecule has 0 radical (unpaired) electrons. The normalized spacial score (nSPS) is 10.6. The van der Waals surface area contributed by atoms with E-state index in [4.69, 9.17) is 5.11 Å². The number of amides is 1. The summed E-state index contributed by atoms with van der Waals surface area (Å²) < 4.78 is 0.707. The predicted octanol–water partition coefficient (Wildman–Crippen LogP) is 4.01. The number of aromatic nitrogens is 2. The molecule has 0 saturated carbocycles. The van der Waals surface area contributed by atoms with Gasteiger partial charge in [0.1, 0.15) is 0 Å². The molecular formula is C20H20N4O3S2. The summed E-state index contributed by atoms with van der Waals surface area (Å²) in [5, 5.41) is 23.9. The third-order valence-corrected chi connectivity index (χ3v) is 6.02. The van der Waals surface area contributed by atoms with Gasteiger partial charge < -0.3 is 15.7 Å². The van der Waals surface area contributed by atoms with Crippen molar-refractivity contribution in [2.24, 2.45) is 0 Å². The van der Waals surface area contributed by atoms with Crippen LogP contribution in [0.2, 0.25) is 0 Å². The molecule has 3 aromatic rings. The van der Waals surface area contributed by atoms with Gasteiger partial charge in [-0.05, 0) is 43.2 Å². The molecule has 1 heterocycles. The van der Waals surface area contributed by atoms with E-state index in [1.165, 1.54) is 40.8 Å². The van der Waals surface area contributed by atoms with Crippen molar-refractivity contribution in [3.63, 3.8) is 0 Å². The zero-order valence-electron chi connectivity index (χ0n) is 15.9. The van der Waals surface area contributed by atoms with Crippen molar-refractivity contribution in [2.45, 2.75) is 24.7 Å². The fraction of sp³-hybridized carbons (Fsp3) is 0.200. The number of carbonyl (C=O) groups excluding carboxylic acids is 1. The molecule has 29 heavy (non-hydrogen) atoms. The van der Waals surface area contributed by atoms with Gasteiger partial charge in [-0.15, -0.1) is 10.2 Å². The van der Waals surface area contributed by atoms with E-state index in [2.05, 4.69) is 26.9 Å². The minimum Gasteiger partial charge on any atom is -0.478 e. The Balaban J connectivity index is 1.46. The molecular weight excluding hydrogens is 408 g/mol. The van der Waals surface area contributed by atoms with Gasteiger partial charge in [0.05, 0.1) is 11.3 Å². The highest BCUT2D eigenvalue weighted by Crippen LogP contribution is 2.28. The smallest absolute Gasteiger partial charge is 0.335 e. The van der Waals surface area contributed by atoms with Crippen LogP contribution >= 0.6 is 23.1 Å². The number of aromatic carboxylic acids is 1. The maximum atomic E-state index is 12.1. The Kier molecular flexibility index (Phi) is 6.84. The number of hydrogen-bond acceptors (Lipinski definition) is 7. The minimum atomic E-state index is -0.972. The highest BCUT2D eigenvalue weighted by atomic mass is 32.2. The fourth-order valence-electron chi connectivity index (χ4n) is 2.53. The van der Waals surface area contributed by atoms with E-state index >= 15 is 0 Å². The van der Waals surface area contributed by atoms with Gasteiger partial charge in [-0.25, -0.2) is 4.79 Å². The van der Waals surface area contributed by atoms with Crippen LogP contribution in [0.3, 0.4) is 0 Å². The Morgan fingerprint density at radius 1 is 1.10 bits per heavy atom. The van der Waals surface area contributed by atoms with Crippen LogP contribution in [0.1, 0.15) is 27.0 Å². The van der Waals surface area contributed by atoms with E-state index in [1.54, 1.807) is 12.1 Å². The van der Waals surface area contributed by atoms with Gasteiger partial charge in [-0.2, -0.15) is 0 Å². The van der Waals surface area contributed by atoms with Crippen LogP contribution in [0.5, 0.6) is 0 Å². The SMILES string of the molecule is Cc1ccc(Nc2nnc(SCC(=O)NCc3ccc(C(=O)O)cc3)s2)c(C)c1. The molecule has 3 rings (SSSR count). The molecule has 2 aromatic carbocycles. The van der Waals surface area contributed by atoms with Crippen molar-refractivity contribution < 1.29 is 14.7 Å². The van der Waals surface area contributed by atoms with Crippen molar-refractivity contribution in [1.82, 2.24) is 15.5 Å². The van der Waals surface area contributed by atoms with Crippen LogP contribution in [0.4, 0.5) is 10.8 Å². The minimum absolute atomic E-state index is 0.128. The lowest BCUT2D eigenvalue weighted by molar-refractivity contribution is -0.118. The number of aryl methyl sites for hydroxylation is 2. The van der Waals surface area contributed by atoms with Crippen LogP contribution in [0.25, 0.3) is 0 Å². The molecule has 0 atom stereocenters. The summed E-state index contributed by atoms with van der Waals surface area (Å²) in [4.78, 5) is 22.9. The van der Waals surface area contributed by atoms with Crippen molar-refractivity contribution in [3.05, 3.63) is 64.7 Å². The first kappa shape index (κ1) is 20.8. The molecule has 1 aromatic heterocycles. The first-order valence-corrected chi connectivity index (χ1v) is 10.6. The van der Waals surface area contributed by atoms with Gasteiger partial charge in [0.25, 0.3) is 0 Å². The summed E-state index contributed by atoms with van der Waals surface area (Å²) in [6, 6.07) is 12.5. The second-order valence-corrected chi connectivity index (χ2v) is 8.58. The maximum absolute atomic E-state index is 12.1. The molecule has 0 aliphatic carbocycles. The molecule has 0 bridgehead atoms. The van der Waals surface area contributed by atoms with E-state index in [0.717, 1.165) is 16.8 Å². The number of rotatable bonds is 8. The van der Waals surface area contributed by atoms with Crippen LogP contribution in [-0.4, -0.2) is 32.9 Å². The third-order valence-electron chi connectivity index (χ3n) is 4.05. The van der Waals surface area contributed by atoms with Crippen molar-refractivity contribution in [1.29, 1.82) is 0 Å². The van der Waals surface area contributed by atoms with E-state index in [0.29, 0.717) is 16.0 Å². The standard InChI is InChI=1S/C20H20N4O3S2/c1-12-3-8-16(13(2)9-12)22-19-23-24-20(29-19)28-11-17(25)21-10-14-4-6-15(7-5-14)18(26)27/h3-9H,10-11H2,1-2H3,(H,21,25)(H,22,23)(H,26,27). The lowest BCUT2D eigenvalue weighted by atomic mass is 10.1. The van der Waals surface area contributed by atoms with Crippen molar-refractivity contribution in [3.8, 4) is 0 Å². The zero-order chi connectivity index (χ0) is 20.8. The van der Waals surface area contributed by atoms with Crippen LogP contribution in [0.15, 0.2) is 46.8 Å². The van der Waals surface area contributed by atoms with Gasteiger partial charge in [-0.3, -0.25) is 4.79 Å². The summed E-state index contributed by atoms with van der Waals surface area (Å²) in [6.45, 7) is 4.42. The molecule has 7 nitrogen and oxygen atoms in total. The molecule has 0 unspecified atom stereocenters. The highest BCUT2D eigenvalue weighted by molar-refractivity contribution is 8.01. The van der Waals surface area contributed by atoms with Gasteiger partial charge >= 0.3 is 5.97 Å². The summed E-state index contributed by atoms with van der Waals surface area (Å²) in [5.41, 5.74) is 4.37. The molecule has 150 valence electrons. The maximum Gasteiger partial charge on any atom is 0.335 e. The van der Waals surface area contributed by atoms with E-state index in [1.807, 2.05) is 26.0 Å². The first-order chi connectivity index (χ1) is 13.9. The van der Waals surface area contributed by atoms with Crippen molar-refractivity contribution >= 4 is 45.8 Å². The number of nitrogens with one attached hydrogen (secondary N) is 2. The lowest BCUT2D eigenvalue weighted by Gasteiger charge is -2.06. The Morgan fingerprint density at radius 3 is 2.55 bits per heavy atom. The molecule has 0 aliphatic rings. The number of hydrogen-bond donors (Lipinski definition) is 3. The Morgan fingerprint density at radius 2 is 1.86 bits per heavy atom. The van der Waals surface area contributed by atoms with E-state index in [-0.39, 0.29) is 17.2 Å². The molecule has 0 aliphatic heterocycles. The van der Waals surface area contributed by atoms with Gasteiger partial charge in [0.15, 0.2) is 4.34 Å². The first-order valence-electron chi connectivity index (χ1n) is 8.80. The van der Waals surface area contributed by atoms with Crippen LogP contribution in [-0.2, 0) is 11.3 Å². The van der Waals surface area contributed by atoms with E-state index in [9.17, 15) is 9.59 Å². The summed E-state index contributed by atoms with van der Waals surface area (Å²) in [6.07, 6.45) is 0. The summed E-state index contributed by atoms with van der Waals surface area (Å²) in [5.74, 6) is -0.873. The van der Waals surface area contributed by atoms with Crippen LogP contribution < -0.4 is 10.6 Å². The predicted molar refractivity (Wildman–Crippen MR) is 115 cm³/mol. The highest BCUT2D eigenvalue weighted by Gasteiger charge is 2.10. The molecule has 0 saturated heterocycles. The van der Waals surface area contributed by atoms with Gasteiger partial charge in [0, 0.05) is 12.2 Å². The van der Waals surface area contributed by atoms with E-state index < -0.39 is 5.97 Å². The zero-order valence-corrected chi connectivity index (χ0v) is 17.6. The number of anilines is 2. The molecule has 1 amide bonds. The molecule has 3 N–H and O–H groups in total. The van der Waals surface area contributed by atoms with Gasteiger partial charge in [-0.1, -0.05) is 52.9 Å². The number of benzene rings is 2. The number of carbonyl (C=O) groups is 2. The monoisotopic (exact) mass is 428 g/mol. The van der Waals surface area contributed by atoms with Crippen molar-refractivity contribution in [2.75, 3.05) is 11.1 Å². The Hall–Kier alpha value is -2.91. The number of nitrogens with zero attached hydrogens (tertiary/aromatic N) is 2. The quantitative estimate of drug-likeness (QED) is 0.466. The molecule has 0 fully saturated rings. The van der Waals surface area contributed by atoms with Gasteiger partial charge in [0.2, 0.25) is 11.0 Å². The fourth-order valence-corrected chi connectivity index (χ4v) is 4.13. The number of carboxylic acids is 1. The number of carboxylic acid groups (broad SMARTS) is 1. The number of thioether (sulfide) groups is 1. The second kappa shape index (κ2) is 9.53. The lowest BCUT2D eigenvalue weighted by Crippen LogP contribution is -2.24. The molecule has 9 heteroatoms. The largest absolute Gasteiger partial charge is 0.478 e. The topological polar surface area (TPSA) is 104 Å². The summed E-state index contributed by atoms with van der Waals surface area (Å²) >= 11 is 2.72. The average molecular weight is 429 g/mol. The Labute approximate surface area is 176 Å². The molecule has 0 spiro atoms.